The van der Waals surface area contributed by atoms with Crippen molar-refractivity contribution in [2.45, 2.75) is 25.7 Å². The van der Waals surface area contributed by atoms with Gasteiger partial charge in [0.2, 0.25) is 0 Å². The monoisotopic (exact) mass is 450 g/mol. The number of nitrogens with zero attached hydrogens (tertiary/aromatic N) is 2. The van der Waals surface area contributed by atoms with Gasteiger partial charge < -0.3 is 14.7 Å². The zero-order valence-electron chi connectivity index (χ0n) is 16.7. The predicted octanol–water partition coefficient (Wildman–Crippen LogP) is 4.55. The van der Waals surface area contributed by atoms with Gasteiger partial charge in [-0.2, -0.15) is 13.2 Å². The van der Waals surface area contributed by atoms with Gasteiger partial charge in [-0.1, -0.05) is 24.3 Å². The van der Waals surface area contributed by atoms with E-state index >= 15 is 0 Å². The zero-order chi connectivity index (χ0) is 22.4. The summed E-state index contributed by atoms with van der Waals surface area (Å²) < 4.78 is 43.4. The van der Waals surface area contributed by atoms with Crippen LogP contribution in [0.1, 0.15) is 26.5 Å². The van der Waals surface area contributed by atoms with Gasteiger partial charge in [0.15, 0.2) is 5.01 Å². The van der Waals surface area contributed by atoms with E-state index in [1.165, 1.54) is 34.6 Å². The molecule has 0 aliphatic heterocycles. The highest BCUT2D eigenvalue weighted by molar-refractivity contribution is 7.11. The third-order valence-electron chi connectivity index (χ3n) is 4.58. The van der Waals surface area contributed by atoms with Gasteiger partial charge in [-0.25, -0.2) is 4.98 Å². The number of hydrogen-bond acceptors (Lipinski definition) is 5. The van der Waals surface area contributed by atoms with Gasteiger partial charge in [0.25, 0.3) is 5.91 Å². The lowest BCUT2D eigenvalue weighted by atomic mass is 10.1. The number of rotatable bonds is 8. The normalized spacial score (nSPS) is 12.4. The molecule has 1 amide bonds. The molecule has 1 aromatic heterocycles. The molecule has 5 nitrogen and oxygen atoms in total. The molecule has 1 unspecified atom stereocenters. The summed E-state index contributed by atoms with van der Waals surface area (Å²) in [6.07, 6.45) is -3.94. The second kappa shape index (κ2) is 9.93. The van der Waals surface area contributed by atoms with Crippen LogP contribution < -0.4 is 4.74 Å². The summed E-state index contributed by atoms with van der Waals surface area (Å²) in [7, 11) is 0. The number of thiazole rings is 1. The number of benzene rings is 2. The fourth-order valence-electron chi connectivity index (χ4n) is 2.92. The third-order valence-corrected chi connectivity index (χ3v) is 5.34. The molecule has 0 radical (unpaired) electrons. The molecule has 0 spiro atoms. The molecule has 164 valence electrons. The largest absolute Gasteiger partial charge is 0.491 e. The molecule has 3 rings (SSSR count). The number of aliphatic hydroxyl groups excluding tert-OH is 1. The second-order valence-corrected chi connectivity index (χ2v) is 7.83. The molecule has 31 heavy (non-hydrogen) atoms. The van der Waals surface area contributed by atoms with Crippen molar-refractivity contribution in [3.8, 4) is 5.75 Å². The Morgan fingerprint density at radius 1 is 1.19 bits per heavy atom. The Morgan fingerprint density at radius 3 is 2.52 bits per heavy atom. The van der Waals surface area contributed by atoms with Crippen LogP contribution in [-0.2, 0) is 12.7 Å². The van der Waals surface area contributed by atoms with Gasteiger partial charge in [-0.3, -0.25) is 4.79 Å². The van der Waals surface area contributed by atoms with Crippen molar-refractivity contribution in [3.63, 3.8) is 0 Å². The Hall–Kier alpha value is -2.91. The van der Waals surface area contributed by atoms with Crippen molar-refractivity contribution in [3.05, 3.63) is 81.8 Å². The first-order chi connectivity index (χ1) is 14.7. The SMILES string of the molecule is Cc1ccccc1CN(CC(O)COc1ccc(C(F)(F)F)cc1)C(=O)c1nccs1. The molecule has 1 heterocycles. The topological polar surface area (TPSA) is 62.7 Å². The summed E-state index contributed by atoms with van der Waals surface area (Å²) in [5.41, 5.74) is 1.16. The highest BCUT2D eigenvalue weighted by Gasteiger charge is 2.30. The number of amides is 1. The first kappa shape index (κ1) is 22.8. The molecule has 0 fully saturated rings. The first-order valence-electron chi connectivity index (χ1n) is 9.45. The van der Waals surface area contributed by atoms with E-state index in [0.29, 0.717) is 5.01 Å². The average Bonchev–Trinajstić information content (AvgIpc) is 3.27. The van der Waals surface area contributed by atoms with Gasteiger partial charge in [0.1, 0.15) is 18.5 Å². The number of halogens is 3. The quantitative estimate of drug-likeness (QED) is 0.547. The van der Waals surface area contributed by atoms with Crippen molar-refractivity contribution in [1.29, 1.82) is 0 Å². The van der Waals surface area contributed by atoms with Crippen molar-refractivity contribution < 1.29 is 27.8 Å². The maximum Gasteiger partial charge on any atom is 0.416 e. The number of hydrogen-bond donors (Lipinski definition) is 1. The minimum Gasteiger partial charge on any atom is -0.491 e. The molecule has 2 aromatic carbocycles. The Morgan fingerprint density at radius 2 is 1.90 bits per heavy atom. The van der Waals surface area contributed by atoms with Crippen LogP contribution in [0.25, 0.3) is 0 Å². The predicted molar refractivity (Wildman–Crippen MR) is 111 cm³/mol. The van der Waals surface area contributed by atoms with E-state index in [1.54, 1.807) is 5.38 Å². The maximum absolute atomic E-state index is 12.9. The lowest BCUT2D eigenvalue weighted by molar-refractivity contribution is -0.137. The molecular weight excluding hydrogens is 429 g/mol. The Balaban J connectivity index is 1.65. The van der Waals surface area contributed by atoms with Crippen LogP contribution in [0.15, 0.2) is 60.1 Å². The molecule has 0 saturated heterocycles. The van der Waals surface area contributed by atoms with Crippen LogP contribution in [0.3, 0.4) is 0 Å². The lowest BCUT2D eigenvalue weighted by Gasteiger charge is -2.25. The molecule has 0 aliphatic rings. The zero-order valence-corrected chi connectivity index (χ0v) is 17.5. The molecule has 3 aromatic rings. The first-order valence-corrected chi connectivity index (χ1v) is 10.3. The van der Waals surface area contributed by atoms with Crippen LogP contribution in [0.4, 0.5) is 13.2 Å². The summed E-state index contributed by atoms with van der Waals surface area (Å²) in [4.78, 5) is 18.4. The smallest absolute Gasteiger partial charge is 0.416 e. The highest BCUT2D eigenvalue weighted by atomic mass is 32.1. The number of aliphatic hydroxyl groups is 1. The molecule has 0 saturated carbocycles. The van der Waals surface area contributed by atoms with Crippen LogP contribution in [0.2, 0.25) is 0 Å². The van der Waals surface area contributed by atoms with Gasteiger partial charge in [0, 0.05) is 18.1 Å². The van der Waals surface area contributed by atoms with E-state index in [0.717, 1.165) is 23.3 Å². The van der Waals surface area contributed by atoms with E-state index < -0.39 is 17.8 Å². The lowest BCUT2D eigenvalue weighted by Crippen LogP contribution is -2.39. The van der Waals surface area contributed by atoms with E-state index in [2.05, 4.69) is 4.98 Å². The average molecular weight is 450 g/mol. The molecule has 9 heteroatoms. The van der Waals surface area contributed by atoms with Gasteiger partial charge in [-0.15, -0.1) is 11.3 Å². The number of aromatic nitrogens is 1. The number of carbonyl (C=O) groups excluding carboxylic acids is 1. The number of alkyl halides is 3. The minimum absolute atomic E-state index is 0.0205. The summed E-state index contributed by atoms with van der Waals surface area (Å²) in [5, 5.41) is 12.5. The van der Waals surface area contributed by atoms with Crippen molar-refractivity contribution in [2.24, 2.45) is 0 Å². The number of aryl methyl sites for hydroxylation is 1. The molecule has 1 N–H and O–H groups in total. The third kappa shape index (κ3) is 6.28. The van der Waals surface area contributed by atoms with Crippen molar-refractivity contribution in [2.75, 3.05) is 13.2 Å². The molecule has 1 atom stereocenters. The van der Waals surface area contributed by atoms with Crippen molar-refractivity contribution in [1.82, 2.24) is 9.88 Å². The Labute approximate surface area is 181 Å². The van der Waals surface area contributed by atoms with E-state index in [9.17, 15) is 23.1 Å². The Kier molecular flexibility index (Phi) is 7.29. The Bertz CT molecular complexity index is 992. The van der Waals surface area contributed by atoms with Crippen LogP contribution in [0, 0.1) is 6.92 Å². The molecule has 0 bridgehead atoms. The van der Waals surface area contributed by atoms with Gasteiger partial charge in [0.05, 0.1) is 12.1 Å². The summed E-state index contributed by atoms with van der Waals surface area (Å²) in [6.45, 7) is 2.02. The number of ether oxygens (including phenoxy) is 1. The summed E-state index contributed by atoms with van der Waals surface area (Å²) in [5.74, 6) is -0.115. The van der Waals surface area contributed by atoms with E-state index in [1.807, 2.05) is 31.2 Å². The molecule has 0 aliphatic carbocycles. The second-order valence-electron chi connectivity index (χ2n) is 6.94. The number of carbonyl (C=O) groups is 1. The van der Waals surface area contributed by atoms with Gasteiger partial charge >= 0.3 is 6.18 Å². The minimum atomic E-state index is -4.43. The van der Waals surface area contributed by atoms with Gasteiger partial charge in [-0.05, 0) is 42.3 Å². The fraction of sp³-hybridized carbons (Fsp3) is 0.273. The van der Waals surface area contributed by atoms with Crippen LogP contribution >= 0.6 is 11.3 Å². The summed E-state index contributed by atoms with van der Waals surface area (Å²) in [6, 6.07) is 11.8. The van der Waals surface area contributed by atoms with E-state index in [4.69, 9.17) is 4.74 Å². The summed E-state index contributed by atoms with van der Waals surface area (Å²) >= 11 is 1.21. The maximum atomic E-state index is 12.9. The van der Waals surface area contributed by atoms with Crippen LogP contribution in [0.5, 0.6) is 5.75 Å². The van der Waals surface area contributed by atoms with Crippen LogP contribution in [-0.4, -0.2) is 40.2 Å². The van der Waals surface area contributed by atoms with E-state index in [-0.39, 0.29) is 31.4 Å². The fourth-order valence-corrected chi connectivity index (χ4v) is 3.52. The highest BCUT2D eigenvalue weighted by Crippen LogP contribution is 2.30. The standard InChI is InChI=1S/C22H21F3N2O3S/c1-15-4-2-3-5-16(15)12-27(21(29)20-26-10-11-31-20)13-18(28)14-30-19-8-6-17(7-9-19)22(23,24)25/h2-11,18,28H,12-14H2,1H3. The van der Waals surface area contributed by atoms with Crippen molar-refractivity contribution >= 4 is 17.2 Å². The molecular formula is C22H21F3N2O3S.